The van der Waals surface area contributed by atoms with Crippen molar-refractivity contribution in [3.63, 3.8) is 0 Å². The van der Waals surface area contributed by atoms with Gasteiger partial charge in [-0.2, -0.15) is 0 Å². The lowest BCUT2D eigenvalue weighted by Crippen LogP contribution is -2.28. The van der Waals surface area contributed by atoms with Gasteiger partial charge < -0.3 is 19.7 Å². The molecule has 2 aromatic rings. The fourth-order valence-electron chi connectivity index (χ4n) is 3.23. The summed E-state index contributed by atoms with van der Waals surface area (Å²) in [6.07, 6.45) is -0.190. The molecule has 2 amide bonds. The number of benzene rings is 2. The second kappa shape index (κ2) is 9.72. The number of carbonyl (C=O) groups is 3. The predicted molar refractivity (Wildman–Crippen MR) is 113 cm³/mol. The summed E-state index contributed by atoms with van der Waals surface area (Å²) in [5.74, 6) is -2.66. The van der Waals surface area contributed by atoms with E-state index < -0.39 is 40.2 Å². The molecule has 1 aliphatic heterocycles. The Kier molecular flexibility index (Phi) is 6.81. The third-order valence-electron chi connectivity index (χ3n) is 4.83. The van der Waals surface area contributed by atoms with Crippen molar-refractivity contribution < 1.29 is 33.7 Å². The van der Waals surface area contributed by atoms with Crippen LogP contribution in [0.1, 0.15) is 6.42 Å². The summed E-state index contributed by atoms with van der Waals surface area (Å²) >= 11 is 0. The van der Waals surface area contributed by atoms with Gasteiger partial charge in [0, 0.05) is 37.2 Å². The van der Waals surface area contributed by atoms with Crippen LogP contribution >= 0.6 is 0 Å². The number of amides is 2. The first-order valence-corrected chi connectivity index (χ1v) is 9.53. The Bertz CT molecular complexity index is 1130. The molecule has 0 bridgehead atoms. The average Bonchev–Trinajstić information content (AvgIpc) is 3.19. The molecule has 3 rings (SSSR count). The van der Waals surface area contributed by atoms with E-state index in [9.17, 15) is 34.6 Å². The van der Waals surface area contributed by atoms with Gasteiger partial charge in [0.1, 0.15) is 11.4 Å². The lowest BCUT2D eigenvalue weighted by molar-refractivity contribution is -0.384. The summed E-state index contributed by atoms with van der Waals surface area (Å²) in [6.45, 7) is -0.795. The van der Waals surface area contributed by atoms with Crippen LogP contribution in [0.15, 0.2) is 42.5 Å². The third-order valence-corrected chi connectivity index (χ3v) is 4.83. The van der Waals surface area contributed by atoms with Crippen molar-refractivity contribution in [2.75, 3.05) is 30.5 Å². The van der Waals surface area contributed by atoms with Gasteiger partial charge in [-0.25, -0.2) is 0 Å². The van der Waals surface area contributed by atoms with Crippen molar-refractivity contribution in [1.82, 2.24) is 0 Å². The highest BCUT2D eigenvalue weighted by molar-refractivity contribution is 6.00. The third kappa shape index (κ3) is 5.39. The Balaban J connectivity index is 1.60. The molecule has 13 heteroatoms. The first-order chi connectivity index (χ1) is 15.7. The van der Waals surface area contributed by atoms with Gasteiger partial charge in [-0.05, 0) is 12.1 Å². The number of ether oxygens (including phenoxy) is 2. The summed E-state index contributed by atoms with van der Waals surface area (Å²) in [4.78, 5) is 58.9. The van der Waals surface area contributed by atoms with Gasteiger partial charge in [0.05, 0.1) is 28.6 Å². The number of anilines is 2. The molecule has 1 N–H and O–H groups in total. The van der Waals surface area contributed by atoms with Crippen LogP contribution < -0.4 is 15.0 Å². The number of esters is 1. The van der Waals surface area contributed by atoms with E-state index in [0.29, 0.717) is 0 Å². The monoisotopic (exact) mass is 458 g/mol. The number of rotatable bonds is 8. The van der Waals surface area contributed by atoms with E-state index in [1.54, 1.807) is 0 Å². The number of hydrogen-bond donors (Lipinski definition) is 1. The minimum atomic E-state index is -0.879. The van der Waals surface area contributed by atoms with E-state index in [-0.39, 0.29) is 41.5 Å². The Morgan fingerprint density at radius 3 is 2.58 bits per heavy atom. The van der Waals surface area contributed by atoms with Crippen molar-refractivity contribution >= 4 is 40.5 Å². The molecule has 1 saturated heterocycles. The molecular formula is C20H18N4O9. The van der Waals surface area contributed by atoms with Gasteiger partial charge in [-0.15, -0.1) is 0 Å². The van der Waals surface area contributed by atoms with Crippen molar-refractivity contribution in [2.45, 2.75) is 6.42 Å². The number of hydrogen-bond acceptors (Lipinski definition) is 9. The normalized spacial score (nSPS) is 15.1. The smallest absolute Gasteiger partial charge is 0.311 e. The molecule has 13 nitrogen and oxygen atoms in total. The molecule has 1 fully saturated rings. The van der Waals surface area contributed by atoms with E-state index in [1.807, 2.05) is 0 Å². The van der Waals surface area contributed by atoms with Crippen molar-refractivity contribution in [1.29, 1.82) is 0 Å². The lowest BCUT2D eigenvalue weighted by Gasteiger charge is -2.16. The molecule has 1 atom stereocenters. The molecule has 33 heavy (non-hydrogen) atoms. The second-order valence-electron chi connectivity index (χ2n) is 6.98. The van der Waals surface area contributed by atoms with Crippen molar-refractivity contribution in [2.24, 2.45) is 5.92 Å². The second-order valence-corrected chi connectivity index (χ2v) is 6.98. The number of nitro groups is 2. The van der Waals surface area contributed by atoms with Gasteiger partial charge in [-0.1, -0.05) is 6.07 Å². The molecule has 0 aliphatic carbocycles. The topological polar surface area (TPSA) is 171 Å². The van der Waals surface area contributed by atoms with Gasteiger partial charge in [0.25, 0.3) is 17.3 Å². The zero-order valence-corrected chi connectivity index (χ0v) is 17.3. The van der Waals surface area contributed by atoms with Crippen LogP contribution in [0.3, 0.4) is 0 Å². The minimum absolute atomic E-state index is 0.0676. The Labute approximate surface area is 186 Å². The van der Waals surface area contributed by atoms with Crippen LogP contribution in [-0.2, 0) is 19.1 Å². The number of carbonyl (C=O) groups excluding carboxylic acids is 3. The van der Waals surface area contributed by atoms with Crippen LogP contribution in [0.5, 0.6) is 5.75 Å². The lowest BCUT2D eigenvalue weighted by atomic mass is 10.1. The molecule has 0 unspecified atom stereocenters. The highest BCUT2D eigenvalue weighted by atomic mass is 16.6. The predicted octanol–water partition coefficient (Wildman–Crippen LogP) is 2.05. The molecule has 0 radical (unpaired) electrons. The summed E-state index contributed by atoms with van der Waals surface area (Å²) in [5.41, 5.74) is -0.431. The van der Waals surface area contributed by atoms with Gasteiger partial charge in [0.2, 0.25) is 5.91 Å². The first kappa shape index (κ1) is 23.1. The van der Waals surface area contributed by atoms with Gasteiger partial charge in [0.15, 0.2) is 6.61 Å². The largest absolute Gasteiger partial charge is 0.497 e. The van der Waals surface area contributed by atoms with E-state index in [2.05, 4.69) is 5.32 Å². The highest BCUT2D eigenvalue weighted by Crippen LogP contribution is 2.30. The molecular weight excluding hydrogens is 440 g/mol. The van der Waals surface area contributed by atoms with E-state index in [1.165, 1.54) is 48.4 Å². The zero-order valence-electron chi connectivity index (χ0n) is 17.3. The fraction of sp³-hybridized carbons (Fsp3) is 0.250. The summed E-state index contributed by atoms with van der Waals surface area (Å²) in [7, 11) is 1.36. The molecule has 1 aliphatic rings. The van der Waals surface area contributed by atoms with Gasteiger partial charge in [-0.3, -0.25) is 34.6 Å². The Morgan fingerprint density at radius 2 is 1.91 bits per heavy atom. The first-order valence-electron chi connectivity index (χ1n) is 9.53. The highest BCUT2D eigenvalue weighted by Gasteiger charge is 2.36. The maximum absolute atomic E-state index is 12.4. The van der Waals surface area contributed by atoms with Crippen molar-refractivity contribution in [3.8, 4) is 5.75 Å². The number of non-ortho nitro benzene ring substituents is 1. The number of nitrogens with one attached hydrogen (secondary N) is 1. The van der Waals surface area contributed by atoms with Crippen LogP contribution in [0.2, 0.25) is 0 Å². The fourth-order valence-corrected chi connectivity index (χ4v) is 3.23. The van der Waals surface area contributed by atoms with Crippen LogP contribution in [0.25, 0.3) is 0 Å². The average molecular weight is 458 g/mol. The van der Waals surface area contributed by atoms with Crippen LogP contribution in [0, 0.1) is 26.1 Å². The van der Waals surface area contributed by atoms with Gasteiger partial charge >= 0.3 is 5.97 Å². The van der Waals surface area contributed by atoms with E-state index >= 15 is 0 Å². The zero-order chi connectivity index (χ0) is 24.1. The maximum Gasteiger partial charge on any atom is 0.311 e. The Hall–Kier alpha value is -4.55. The molecule has 1 heterocycles. The quantitative estimate of drug-likeness (QED) is 0.353. The van der Waals surface area contributed by atoms with E-state index in [0.717, 1.165) is 6.07 Å². The molecule has 0 aromatic heterocycles. The maximum atomic E-state index is 12.4. The number of nitro benzene ring substituents is 2. The SMILES string of the molecule is COc1ccc([N+](=O)[O-])c(NC(=O)COC(=O)[C@@H]2CC(=O)N(c3cccc([N+](=O)[O-])c3)C2)c1. The Morgan fingerprint density at radius 1 is 1.15 bits per heavy atom. The van der Waals surface area contributed by atoms with E-state index in [4.69, 9.17) is 9.47 Å². The summed E-state index contributed by atoms with van der Waals surface area (Å²) in [5, 5.41) is 24.4. The van der Waals surface area contributed by atoms with Crippen LogP contribution in [-0.4, -0.2) is 47.9 Å². The molecule has 0 spiro atoms. The minimum Gasteiger partial charge on any atom is -0.497 e. The molecule has 172 valence electrons. The number of nitrogens with zero attached hydrogens (tertiary/aromatic N) is 3. The number of methoxy groups -OCH3 is 1. The van der Waals surface area contributed by atoms with Crippen LogP contribution in [0.4, 0.5) is 22.7 Å². The molecule has 0 saturated carbocycles. The summed E-state index contributed by atoms with van der Waals surface area (Å²) < 4.78 is 9.95. The standard InChI is InChI=1S/C20H18N4O9/c1-32-15-5-6-17(24(30)31)16(9-15)21-18(25)11-33-20(27)12-7-19(26)22(10-12)13-3-2-4-14(8-13)23(28)29/h2-6,8-9,12H,7,10-11H2,1H3,(H,21,25)/t12-/m1/s1. The summed E-state index contributed by atoms with van der Waals surface area (Å²) in [6, 6.07) is 9.21. The van der Waals surface area contributed by atoms with Crippen molar-refractivity contribution in [3.05, 3.63) is 62.7 Å². The molecule has 2 aromatic carbocycles.